The average Bonchev–Trinajstić information content (AvgIpc) is 2.67. The second-order valence-corrected chi connectivity index (χ2v) is 3.14. The fourth-order valence-electron chi connectivity index (χ4n) is 1.29. The quantitative estimate of drug-likeness (QED) is 0.777. The maximum absolute atomic E-state index is 10.7. The van der Waals surface area contributed by atoms with Crippen molar-refractivity contribution in [1.82, 2.24) is 14.8 Å². The second-order valence-electron chi connectivity index (χ2n) is 3.14. The van der Waals surface area contributed by atoms with Crippen LogP contribution in [0.2, 0.25) is 0 Å². The summed E-state index contributed by atoms with van der Waals surface area (Å²) in [5.74, 6) is -0.357. The molecule has 76 valence electrons. The van der Waals surface area contributed by atoms with Crippen molar-refractivity contribution in [3.8, 4) is 5.69 Å². The van der Waals surface area contributed by atoms with Crippen molar-refractivity contribution >= 4 is 5.91 Å². The number of amides is 1. The zero-order valence-corrected chi connectivity index (χ0v) is 8.00. The van der Waals surface area contributed by atoms with E-state index in [1.165, 1.54) is 0 Å². The van der Waals surface area contributed by atoms with Crippen LogP contribution in [0.3, 0.4) is 0 Å². The zero-order chi connectivity index (χ0) is 10.7. The average molecular weight is 202 g/mol. The Morgan fingerprint density at radius 3 is 2.80 bits per heavy atom. The minimum absolute atomic E-state index is 0.213. The molecule has 5 heteroatoms. The molecule has 5 nitrogen and oxygen atoms in total. The van der Waals surface area contributed by atoms with E-state index in [1.807, 2.05) is 12.1 Å². The highest BCUT2D eigenvalue weighted by Gasteiger charge is 2.02. The Balaban J connectivity index is 2.24. The van der Waals surface area contributed by atoms with Crippen LogP contribution in [0.25, 0.3) is 5.69 Å². The van der Waals surface area contributed by atoms with Gasteiger partial charge in [0.15, 0.2) is 0 Å². The highest BCUT2D eigenvalue weighted by atomic mass is 16.1. The molecule has 2 N–H and O–H groups in total. The number of carbonyl (C=O) groups excluding carboxylic acids is 1. The van der Waals surface area contributed by atoms with Gasteiger partial charge in [-0.15, -0.1) is 0 Å². The molecule has 2 aromatic rings. The summed E-state index contributed by atoms with van der Waals surface area (Å²) in [7, 11) is 0. The van der Waals surface area contributed by atoms with E-state index in [2.05, 4.69) is 10.1 Å². The monoisotopic (exact) mass is 202 g/mol. The molecule has 15 heavy (non-hydrogen) atoms. The summed E-state index contributed by atoms with van der Waals surface area (Å²) in [6, 6.07) is 3.67. The number of rotatable bonds is 3. The Kier molecular flexibility index (Phi) is 2.45. The molecule has 0 saturated carbocycles. The first kappa shape index (κ1) is 9.39. The summed E-state index contributed by atoms with van der Waals surface area (Å²) < 4.78 is 1.68. The molecule has 0 unspecified atom stereocenters. The number of pyridine rings is 1. The van der Waals surface area contributed by atoms with Gasteiger partial charge < -0.3 is 5.73 Å². The van der Waals surface area contributed by atoms with Crippen LogP contribution in [-0.2, 0) is 11.2 Å². The minimum Gasteiger partial charge on any atom is -0.369 e. The Bertz CT molecular complexity index is 463. The number of nitrogens with zero attached hydrogens (tertiary/aromatic N) is 3. The van der Waals surface area contributed by atoms with Crippen molar-refractivity contribution in [2.75, 3.05) is 0 Å². The molecule has 0 aliphatic heterocycles. The van der Waals surface area contributed by atoms with E-state index in [-0.39, 0.29) is 12.3 Å². The van der Waals surface area contributed by atoms with Crippen LogP contribution >= 0.6 is 0 Å². The molecule has 2 aromatic heterocycles. The molecule has 0 atom stereocenters. The molecule has 0 spiro atoms. The van der Waals surface area contributed by atoms with Crippen LogP contribution in [0.5, 0.6) is 0 Å². The van der Waals surface area contributed by atoms with Crippen LogP contribution in [0.1, 0.15) is 5.56 Å². The summed E-state index contributed by atoms with van der Waals surface area (Å²) in [5.41, 5.74) is 6.79. The predicted octanol–water partition coefficient (Wildman–Crippen LogP) is 0.295. The highest BCUT2D eigenvalue weighted by molar-refractivity contribution is 5.76. The van der Waals surface area contributed by atoms with Gasteiger partial charge in [-0.25, -0.2) is 4.68 Å². The Morgan fingerprint density at radius 1 is 1.40 bits per heavy atom. The molecular weight excluding hydrogens is 192 g/mol. The number of hydrogen-bond donors (Lipinski definition) is 1. The number of hydrogen-bond acceptors (Lipinski definition) is 3. The number of primary amides is 1. The molecule has 0 aromatic carbocycles. The van der Waals surface area contributed by atoms with E-state index in [0.717, 1.165) is 11.3 Å². The Labute approximate surface area is 86.5 Å². The smallest absolute Gasteiger partial charge is 0.221 e. The molecule has 2 heterocycles. The van der Waals surface area contributed by atoms with Gasteiger partial charge in [0.2, 0.25) is 5.91 Å². The van der Waals surface area contributed by atoms with E-state index in [4.69, 9.17) is 5.73 Å². The van der Waals surface area contributed by atoms with Crippen LogP contribution in [-0.4, -0.2) is 20.7 Å². The number of aromatic nitrogens is 3. The van der Waals surface area contributed by atoms with E-state index < -0.39 is 0 Å². The molecule has 0 radical (unpaired) electrons. The van der Waals surface area contributed by atoms with Crippen LogP contribution in [0, 0.1) is 0 Å². The van der Waals surface area contributed by atoms with Crippen molar-refractivity contribution in [3.63, 3.8) is 0 Å². The molecule has 1 amide bonds. The van der Waals surface area contributed by atoms with Crippen molar-refractivity contribution in [3.05, 3.63) is 42.5 Å². The van der Waals surface area contributed by atoms with Crippen LogP contribution in [0.4, 0.5) is 0 Å². The summed E-state index contributed by atoms with van der Waals surface area (Å²) in [5, 5.41) is 4.12. The zero-order valence-electron chi connectivity index (χ0n) is 8.00. The van der Waals surface area contributed by atoms with E-state index in [1.54, 1.807) is 29.5 Å². The third-order valence-electron chi connectivity index (χ3n) is 1.94. The van der Waals surface area contributed by atoms with Gasteiger partial charge in [0, 0.05) is 18.6 Å². The van der Waals surface area contributed by atoms with Crippen molar-refractivity contribution in [2.24, 2.45) is 5.73 Å². The first-order valence-corrected chi connectivity index (χ1v) is 4.48. The molecule has 2 rings (SSSR count). The van der Waals surface area contributed by atoms with Crippen LogP contribution < -0.4 is 5.73 Å². The fraction of sp³-hybridized carbons (Fsp3) is 0.100. The minimum atomic E-state index is -0.357. The normalized spacial score (nSPS) is 10.1. The van der Waals surface area contributed by atoms with Gasteiger partial charge in [0.1, 0.15) is 0 Å². The summed E-state index contributed by atoms with van der Waals surface area (Å²) in [4.78, 5) is 14.6. The first-order valence-electron chi connectivity index (χ1n) is 4.48. The third kappa shape index (κ3) is 2.19. The molecule has 0 saturated heterocycles. The van der Waals surface area contributed by atoms with E-state index in [9.17, 15) is 4.79 Å². The SMILES string of the molecule is NC(=O)Cc1cnn(-c2ccncc2)c1. The number of nitrogens with two attached hydrogens (primary N) is 1. The highest BCUT2D eigenvalue weighted by Crippen LogP contribution is 2.06. The molecule has 0 aliphatic carbocycles. The summed E-state index contributed by atoms with van der Waals surface area (Å²) in [6.07, 6.45) is 6.99. The van der Waals surface area contributed by atoms with Gasteiger partial charge in [-0.3, -0.25) is 9.78 Å². The van der Waals surface area contributed by atoms with Crippen molar-refractivity contribution in [2.45, 2.75) is 6.42 Å². The molecule has 0 bridgehead atoms. The lowest BCUT2D eigenvalue weighted by Crippen LogP contribution is -2.13. The molecule has 0 aliphatic rings. The maximum Gasteiger partial charge on any atom is 0.221 e. The van der Waals surface area contributed by atoms with Crippen LogP contribution in [0.15, 0.2) is 36.9 Å². The molecule has 0 fully saturated rings. The maximum atomic E-state index is 10.7. The summed E-state index contributed by atoms with van der Waals surface area (Å²) >= 11 is 0. The van der Waals surface area contributed by atoms with E-state index in [0.29, 0.717) is 0 Å². The largest absolute Gasteiger partial charge is 0.369 e. The van der Waals surface area contributed by atoms with Gasteiger partial charge in [-0.1, -0.05) is 0 Å². The third-order valence-corrected chi connectivity index (χ3v) is 1.94. The lowest BCUT2D eigenvalue weighted by Gasteiger charge is -1.98. The first-order chi connectivity index (χ1) is 7.25. The Morgan fingerprint density at radius 2 is 2.13 bits per heavy atom. The standard InChI is InChI=1S/C10H10N4O/c11-10(15)5-8-6-13-14(7-8)9-1-3-12-4-2-9/h1-4,6-7H,5H2,(H2,11,15). The van der Waals surface area contributed by atoms with Gasteiger partial charge in [-0.05, 0) is 17.7 Å². The lowest BCUT2D eigenvalue weighted by molar-refractivity contribution is -0.117. The predicted molar refractivity (Wildman–Crippen MR) is 54.3 cm³/mol. The molecular formula is C10H10N4O. The lowest BCUT2D eigenvalue weighted by atomic mass is 10.2. The van der Waals surface area contributed by atoms with Crippen molar-refractivity contribution < 1.29 is 4.79 Å². The van der Waals surface area contributed by atoms with Gasteiger partial charge in [0.05, 0.1) is 18.3 Å². The fourth-order valence-corrected chi connectivity index (χ4v) is 1.29. The van der Waals surface area contributed by atoms with Crippen molar-refractivity contribution in [1.29, 1.82) is 0 Å². The summed E-state index contributed by atoms with van der Waals surface area (Å²) in [6.45, 7) is 0. The van der Waals surface area contributed by atoms with E-state index >= 15 is 0 Å². The topological polar surface area (TPSA) is 73.8 Å². The second kappa shape index (κ2) is 3.91. The van der Waals surface area contributed by atoms with Gasteiger partial charge in [-0.2, -0.15) is 5.10 Å². The van der Waals surface area contributed by atoms with Gasteiger partial charge in [0.25, 0.3) is 0 Å². The number of carbonyl (C=O) groups is 1. The Hall–Kier alpha value is -2.17. The van der Waals surface area contributed by atoms with Gasteiger partial charge >= 0.3 is 0 Å².